The quantitative estimate of drug-likeness (QED) is 0.703. The molecule has 0 unspecified atom stereocenters. The molecule has 1 aliphatic rings. The summed E-state index contributed by atoms with van der Waals surface area (Å²) in [6.07, 6.45) is 0.947. The molecule has 2 aromatic carbocycles. The van der Waals surface area contributed by atoms with E-state index in [4.69, 9.17) is 4.74 Å². The zero-order valence-electron chi connectivity index (χ0n) is 13.5. The summed E-state index contributed by atoms with van der Waals surface area (Å²) >= 11 is 3.41. The number of sulfone groups is 1. The maximum Gasteiger partial charge on any atom is 0.339 e. The zero-order valence-corrected chi connectivity index (χ0v) is 15.9. The van der Waals surface area contributed by atoms with Gasteiger partial charge in [-0.1, -0.05) is 34.1 Å². The summed E-state index contributed by atoms with van der Waals surface area (Å²) in [4.78, 5) is 11.8. The average molecular weight is 425 g/mol. The molecule has 7 heteroatoms. The Balaban J connectivity index is 2.16. The Kier molecular flexibility index (Phi) is 4.55. The smallest absolute Gasteiger partial charge is 0.339 e. The first-order chi connectivity index (χ1) is 11.7. The molecule has 0 saturated carbocycles. The Morgan fingerprint density at radius 3 is 2.40 bits per heavy atom. The second-order valence-electron chi connectivity index (χ2n) is 5.81. The van der Waals surface area contributed by atoms with Crippen LogP contribution < -0.4 is 0 Å². The molecule has 0 aliphatic carbocycles. The maximum atomic E-state index is 14.2. The fraction of sp³-hybridized carbons (Fsp3) is 0.167. The highest BCUT2D eigenvalue weighted by atomic mass is 79.9. The number of benzene rings is 2. The minimum absolute atomic E-state index is 0.0148. The highest BCUT2D eigenvalue weighted by Gasteiger charge is 2.28. The molecular formula is C18H14BrFO4S. The molecule has 1 heterocycles. The van der Waals surface area contributed by atoms with E-state index in [0.29, 0.717) is 22.3 Å². The summed E-state index contributed by atoms with van der Waals surface area (Å²) in [6.45, 7) is 1.91. The van der Waals surface area contributed by atoms with E-state index >= 15 is 0 Å². The summed E-state index contributed by atoms with van der Waals surface area (Å²) in [5, 5.41) is 0. The largest absolute Gasteiger partial charge is 0.457 e. The number of esters is 1. The van der Waals surface area contributed by atoms with Gasteiger partial charge in [-0.25, -0.2) is 17.6 Å². The van der Waals surface area contributed by atoms with Gasteiger partial charge in [0.1, 0.15) is 17.3 Å². The van der Waals surface area contributed by atoms with Crippen molar-refractivity contribution in [2.24, 2.45) is 0 Å². The van der Waals surface area contributed by atoms with E-state index in [1.54, 1.807) is 6.07 Å². The van der Waals surface area contributed by atoms with E-state index in [1.165, 1.54) is 12.1 Å². The molecule has 3 rings (SSSR count). The number of cyclic esters (lactones) is 1. The highest BCUT2D eigenvalue weighted by Crippen LogP contribution is 2.35. The predicted molar refractivity (Wildman–Crippen MR) is 96.2 cm³/mol. The van der Waals surface area contributed by atoms with Crippen LogP contribution in [0.4, 0.5) is 4.39 Å². The summed E-state index contributed by atoms with van der Waals surface area (Å²) in [5.74, 6) is -1.33. The van der Waals surface area contributed by atoms with Crippen molar-refractivity contribution < 1.29 is 22.3 Å². The fourth-order valence-electron chi connectivity index (χ4n) is 2.71. The number of aryl methyl sites for hydroxylation is 1. The van der Waals surface area contributed by atoms with E-state index in [9.17, 15) is 17.6 Å². The molecule has 4 nitrogen and oxygen atoms in total. The van der Waals surface area contributed by atoms with Gasteiger partial charge in [-0.05, 0) is 41.8 Å². The molecule has 0 atom stereocenters. The van der Waals surface area contributed by atoms with Crippen LogP contribution in [0.5, 0.6) is 0 Å². The molecule has 0 spiro atoms. The molecule has 130 valence electrons. The van der Waals surface area contributed by atoms with Crippen molar-refractivity contribution in [3.8, 4) is 0 Å². The number of hydrogen-bond donors (Lipinski definition) is 0. The molecule has 0 N–H and O–H groups in total. The Hall–Kier alpha value is -1.99. The predicted octanol–water partition coefficient (Wildman–Crippen LogP) is 3.77. The molecule has 2 aromatic rings. The molecule has 25 heavy (non-hydrogen) atoms. The molecule has 0 amide bonds. The van der Waals surface area contributed by atoms with Crippen LogP contribution in [0.15, 0.2) is 45.8 Å². The molecular weight excluding hydrogens is 411 g/mol. The lowest BCUT2D eigenvalue weighted by Gasteiger charge is -2.08. The lowest BCUT2D eigenvalue weighted by Crippen LogP contribution is -2.02. The second kappa shape index (κ2) is 6.38. The van der Waals surface area contributed by atoms with Crippen molar-refractivity contribution in [1.82, 2.24) is 0 Å². The number of hydrogen-bond acceptors (Lipinski definition) is 4. The van der Waals surface area contributed by atoms with Crippen LogP contribution in [0.1, 0.15) is 16.7 Å². The third kappa shape index (κ3) is 3.39. The lowest BCUT2D eigenvalue weighted by molar-refractivity contribution is -0.133. The molecule has 0 radical (unpaired) electrons. The van der Waals surface area contributed by atoms with Crippen LogP contribution in [-0.2, 0) is 19.4 Å². The summed E-state index contributed by atoms with van der Waals surface area (Å²) in [5.41, 5.74) is 2.94. The van der Waals surface area contributed by atoms with Crippen LogP contribution >= 0.6 is 15.9 Å². The zero-order chi connectivity index (χ0) is 18.4. The third-order valence-electron chi connectivity index (χ3n) is 3.98. The van der Waals surface area contributed by atoms with Crippen LogP contribution in [0.25, 0.3) is 11.1 Å². The minimum Gasteiger partial charge on any atom is -0.457 e. The third-order valence-corrected chi connectivity index (χ3v) is 6.00. The van der Waals surface area contributed by atoms with Crippen LogP contribution in [0.2, 0.25) is 0 Å². The van der Waals surface area contributed by atoms with Crippen LogP contribution in [0, 0.1) is 12.7 Å². The minimum atomic E-state index is -3.66. The Morgan fingerprint density at radius 2 is 1.80 bits per heavy atom. The molecule has 1 aliphatic heterocycles. The first-order valence-corrected chi connectivity index (χ1v) is 10.0. The van der Waals surface area contributed by atoms with Crippen molar-refractivity contribution in [1.29, 1.82) is 0 Å². The van der Waals surface area contributed by atoms with Crippen LogP contribution in [0.3, 0.4) is 0 Å². The van der Waals surface area contributed by atoms with Gasteiger partial charge in [-0.3, -0.25) is 0 Å². The van der Waals surface area contributed by atoms with Gasteiger partial charge in [0, 0.05) is 16.3 Å². The summed E-state index contributed by atoms with van der Waals surface area (Å²) in [7, 11) is -3.66. The fourth-order valence-corrected chi connectivity index (χ4v) is 3.69. The SMILES string of the molecule is Cc1cc(C2=C(c3ccc(S(C)(=O)=O)c(F)c3)COC2=O)ccc1Br. The van der Waals surface area contributed by atoms with Gasteiger partial charge in [0.2, 0.25) is 0 Å². The average Bonchev–Trinajstić information content (AvgIpc) is 2.90. The Morgan fingerprint density at radius 1 is 1.12 bits per heavy atom. The van der Waals surface area contributed by atoms with Gasteiger partial charge in [-0.2, -0.15) is 0 Å². The highest BCUT2D eigenvalue weighted by molar-refractivity contribution is 9.10. The van der Waals surface area contributed by atoms with E-state index < -0.39 is 21.6 Å². The number of rotatable bonds is 3. The van der Waals surface area contributed by atoms with E-state index in [0.717, 1.165) is 22.4 Å². The lowest BCUT2D eigenvalue weighted by atomic mass is 9.96. The van der Waals surface area contributed by atoms with Gasteiger partial charge < -0.3 is 4.74 Å². The normalized spacial score (nSPS) is 14.8. The van der Waals surface area contributed by atoms with Gasteiger partial charge in [-0.15, -0.1) is 0 Å². The number of halogens is 2. The van der Waals surface area contributed by atoms with E-state index in [2.05, 4.69) is 15.9 Å². The summed E-state index contributed by atoms with van der Waals surface area (Å²) in [6, 6.07) is 9.27. The van der Waals surface area contributed by atoms with Crippen molar-refractivity contribution in [3.05, 3.63) is 63.4 Å². The standard InChI is InChI=1S/C18H14BrFO4S/c1-10-7-12(3-5-14(10)19)17-13(9-24-18(17)21)11-4-6-16(15(20)8-11)25(2,22)23/h3-8H,9H2,1-2H3. The Bertz CT molecular complexity index is 1030. The van der Waals surface area contributed by atoms with Crippen molar-refractivity contribution in [3.63, 3.8) is 0 Å². The van der Waals surface area contributed by atoms with Crippen molar-refractivity contribution >= 4 is 42.9 Å². The first-order valence-electron chi connectivity index (χ1n) is 7.35. The Labute approximate surface area is 153 Å². The second-order valence-corrected chi connectivity index (χ2v) is 8.65. The number of carbonyl (C=O) groups excluding carboxylic acids is 1. The molecule has 0 fully saturated rings. The number of carbonyl (C=O) groups is 1. The molecule has 0 aromatic heterocycles. The first kappa shape index (κ1) is 17.8. The number of ether oxygens (including phenoxy) is 1. The summed E-state index contributed by atoms with van der Waals surface area (Å²) < 4.78 is 43.4. The topological polar surface area (TPSA) is 60.4 Å². The van der Waals surface area contributed by atoms with Gasteiger partial charge in [0.15, 0.2) is 9.84 Å². The van der Waals surface area contributed by atoms with Crippen LogP contribution in [-0.4, -0.2) is 27.2 Å². The van der Waals surface area contributed by atoms with Crippen molar-refractivity contribution in [2.45, 2.75) is 11.8 Å². The molecule has 0 bridgehead atoms. The van der Waals surface area contributed by atoms with Gasteiger partial charge >= 0.3 is 5.97 Å². The molecule has 0 saturated heterocycles. The maximum absolute atomic E-state index is 14.2. The van der Waals surface area contributed by atoms with E-state index in [1.807, 2.05) is 19.1 Å². The van der Waals surface area contributed by atoms with Crippen molar-refractivity contribution in [2.75, 3.05) is 12.9 Å². The van der Waals surface area contributed by atoms with E-state index in [-0.39, 0.29) is 11.5 Å². The monoisotopic (exact) mass is 424 g/mol. The van der Waals surface area contributed by atoms with Gasteiger partial charge in [0.05, 0.1) is 5.57 Å². The van der Waals surface area contributed by atoms with Gasteiger partial charge in [0.25, 0.3) is 0 Å².